The van der Waals surface area contributed by atoms with Gasteiger partial charge in [-0.15, -0.1) is 0 Å². The number of ether oxygens (including phenoxy) is 1. The number of rotatable bonds is 4. The molecule has 0 aromatic heterocycles. The maximum Gasteiger partial charge on any atom is 0.290 e. The van der Waals surface area contributed by atoms with Crippen LogP contribution in [0.4, 0.5) is 4.79 Å². The number of nitrogens with one attached hydrogen (secondary N) is 1. The van der Waals surface area contributed by atoms with Gasteiger partial charge in [0.05, 0.1) is 16.0 Å². The summed E-state index contributed by atoms with van der Waals surface area (Å²) in [6, 6.07) is 5.36. The molecule has 1 atom stereocenters. The van der Waals surface area contributed by atoms with E-state index in [1.54, 1.807) is 18.2 Å². The highest BCUT2D eigenvalue weighted by atomic mass is 35.5. The van der Waals surface area contributed by atoms with Gasteiger partial charge in [0.2, 0.25) is 0 Å². The number of carbonyl (C=O) groups is 2. The summed E-state index contributed by atoms with van der Waals surface area (Å²) in [7, 11) is 0. The molecule has 1 N–H and O–H groups in total. The number of thioether (sulfide) groups is 1. The predicted octanol–water partition coefficient (Wildman–Crippen LogP) is 3.84. The third kappa shape index (κ3) is 3.41. The monoisotopic (exact) mass is 323 g/mol. The second-order valence-corrected chi connectivity index (χ2v) is 6.62. The van der Waals surface area contributed by atoms with Crippen molar-refractivity contribution in [2.45, 2.75) is 25.9 Å². The number of hydrogen-bond acceptors (Lipinski definition) is 4. The van der Waals surface area contributed by atoms with Crippen molar-refractivity contribution >= 4 is 40.6 Å². The largest absolute Gasteiger partial charge is 0.489 e. The van der Waals surface area contributed by atoms with Gasteiger partial charge in [0, 0.05) is 0 Å². The molecule has 1 aromatic rings. The summed E-state index contributed by atoms with van der Waals surface area (Å²) in [5, 5.41) is 2.37. The molecular weight excluding hydrogens is 310 g/mol. The first-order valence-electron chi connectivity index (χ1n) is 6.74. The SMILES string of the molecule is CC(Oc1ccc(/C=C2\SC(=O)NC2=O)cc1Cl)C1CC1. The molecular formula is C15H14ClNO3S. The Hall–Kier alpha value is -1.46. The third-order valence-electron chi connectivity index (χ3n) is 3.49. The molecule has 2 fully saturated rings. The van der Waals surface area contributed by atoms with Crippen LogP contribution in [-0.4, -0.2) is 17.3 Å². The minimum absolute atomic E-state index is 0.167. The molecule has 0 radical (unpaired) electrons. The zero-order chi connectivity index (χ0) is 15.0. The fraction of sp³-hybridized carbons (Fsp3) is 0.333. The maximum absolute atomic E-state index is 11.5. The van der Waals surface area contributed by atoms with E-state index in [4.69, 9.17) is 16.3 Å². The zero-order valence-electron chi connectivity index (χ0n) is 11.4. The van der Waals surface area contributed by atoms with Gasteiger partial charge in [-0.1, -0.05) is 17.7 Å². The Bertz CT molecular complexity index is 640. The van der Waals surface area contributed by atoms with Crippen molar-refractivity contribution < 1.29 is 14.3 Å². The highest BCUT2D eigenvalue weighted by molar-refractivity contribution is 8.18. The number of halogens is 1. The van der Waals surface area contributed by atoms with Crippen LogP contribution in [0.15, 0.2) is 23.1 Å². The first-order chi connectivity index (χ1) is 10.0. The Labute approximate surface area is 131 Å². The number of imide groups is 1. The highest BCUT2D eigenvalue weighted by Gasteiger charge is 2.30. The molecule has 1 aliphatic heterocycles. The second-order valence-electron chi connectivity index (χ2n) is 5.20. The first kappa shape index (κ1) is 14.5. The average molecular weight is 324 g/mol. The molecule has 1 unspecified atom stereocenters. The van der Waals surface area contributed by atoms with Crippen molar-refractivity contribution in [2.75, 3.05) is 0 Å². The van der Waals surface area contributed by atoms with Crippen LogP contribution in [0.5, 0.6) is 5.75 Å². The van der Waals surface area contributed by atoms with Crippen molar-refractivity contribution in [3.05, 3.63) is 33.7 Å². The Morgan fingerprint density at radius 1 is 1.43 bits per heavy atom. The average Bonchev–Trinajstić information content (AvgIpc) is 3.21. The number of carbonyl (C=O) groups excluding carboxylic acids is 2. The topological polar surface area (TPSA) is 55.4 Å². The van der Waals surface area contributed by atoms with Crippen LogP contribution < -0.4 is 10.1 Å². The van der Waals surface area contributed by atoms with Gasteiger partial charge in [0.1, 0.15) is 5.75 Å². The fourth-order valence-corrected chi connectivity index (χ4v) is 3.05. The molecule has 6 heteroatoms. The lowest BCUT2D eigenvalue weighted by atomic mass is 10.2. The molecule has 110 valence electrons. The summed E-state index contributed by atoms with van der Waals surface area (Å²) in [5.41, 5.74) is 0.763. The molecule has 1 aliphatic carbocycles. The lowest BCUT2D eigenvalue weighted by Gasteiger charge is -2.15. The van der Waals surface area contributed by atoms with Crippen molar-refractivity contribution in [3.63, 3.8) is 0 Å². The van der Waals surface area contributed by atoms with E-state index in [0.29, 0.717) is 21.6 Å². The number of amides is 2. The lowest BCUT2D eigenvalue weighted by Crippen LogP contribution is -2.17. The Balaban J connectivity index is 1.76. The van der Waals surface area contributed by atoms with E-state index in [1.165, 1.54) is 12.8 Å². The van der Waals surface area contributed by atoms with Gasteiger partial charge in [-0.3, -0.25) is 14.9 Å². The Morgan fingerprint density at radius 3 is 2.76 bits per heavy atom. The minimum atomic E-state index is -0.371. The molecule has 1 heterocycles. The van der Waals surface area contributed by atoms with E-state index in [1.807, 2.05) is 6.07 Å². The van der Waals surface area contributed by atoms with Crippen molar-refractivity contribution in [3.8, 4) is 5.75 Å². The van der Waals surface area contributed by atoms with E-state index < -0.39 is 0 Å². The standard InChI is InChI=1S/C15H14ClNO3S/c1-8(10-3-4-10)20-12-5-2-9(6-11(12)16)7-13-14(18)17-15(19)21-13/h2,5-8,10H,3-4H2,1H3,(H,17,18,19)/b13-7-. The molecule has 1 aromatic carbocycles. The summed E-state index contributed by atoms with van der Waals surface area (Å²) in [4.78, 5) is 23.0. The van der Waals surface area contributed by atoms with Gasteiger partial charge in [-0.2, -0.15) is 0 Å². The van der Waals surface area contributed by atoms with Crippen molar-refractivity contribution in [1.82, 2.24) is 5.32 Å². The van der Waals surface area contributed by atoms with E-state index >= 15 is 0 Å². The molecule has 21 heavy (non-hydrogen) atoms. The molecule has 0 bridgehead atoms. The van der Waals surface area contributed by atoms with E-state index in [0.717, 1.165) is 17.3 Å². The molecule has 1 saturated heterocycles. The maximum atomic E-state index is 11.5. The van der Waals surface area contributed by atoms with Crippen LogP contribution in [0.3, 0.4) is 0 Å². The van der Waals surface area contributed by atoms with E-state index in [-0.39, 0.29) is 17.3 Å². The van der Waals surface area contributed by atoms with Crippen LogP contribution in [0.25, 0.3) is 6.08 Å². The van der Waals surface area contributed by atoms with Gasteiger partial charge in [0.25, 0.3) is 11.1 Å². The fourth-order valence-electron chi connectivity index (χ4n) is 2.14. The van der Waals surface area contributed by atoms with Gasteiger partial charge in [0.15, 0.2) is 0 Å². The van der Waals surface area contributed by atoms with Gasteiger partial charge in [-0.05, 0) is 61.2 Å². The summed E-state index contributed by atoms with van der Waals surface area (Å²) in [5.74, 6) is 0.911. The van der Waals surface area contributed by atoms with Gasteiger partial charge in [-0.25, -0.2) is 0 Å². The summed E-state index contributed by atoms with van der Waals surface area (Å²) < 4.78 is 5.84. The predicted molar refractivity (Wildman–Crippen MR) is 83.4 cm³/mol. The van der Waals surface area contributed by atoms with Crippen LogP contribution in [0, 0.1) is 5.92 Å². The first-order valence-corrected chi connectivity index (χ1v) is 7.93. The van der Waals surface area contributed by atoms with E-state index in [2.05, 4.69) is 12.2 Å². The van der Waals surface area contributed by atoms with E-state index in [9.17, 15) is 9.59 Å². The van der Waals surface area contributed by atoms with Crippen LogP contribution in [-0.2, 0) is 4.79 Å². The molecule has 3 rings (SSSR count). The highest BCUT2D eigenvalue weighted by Crippen LogP contribution is 2.37. The van der Waals surface area contributed by atoms with Gasteiger partial charge >= 0.3 is 0 Å². The summed E-state index contributed by atoms with van der Waals surface area (Å²) in [6.45, 7) is 2.05. The Kier molecular flexibility index (Phi) is 3.95. The lowest BCUT2D eigenvalue weighted by molar-refractivity contribution is -0.115. The van der Waals surface area contributed by atoms with Crippen LogP contribution in [0.2, 0.25) is 5.02 Å². The molecule has 1 saturated carbocycles. The minimum Gasteiger partial charge on any atom is -0.489 e. The molecule has 2 aliphatic rings. The smallest absolute Gasteiger partial charge is 0.290 e. The molecule has 4 nitrogen and oxygen atoms in total. The normalized spacial score (nSPS) is 21.5. The quantitative estimate of drug-likeness (QED) is 0.855. The molecule has 2 amide bonds. The summed E-state index contributed by atoms with van der Waals surface area (Å²) >= 11 is 7.11. The van der Waals surface area contributed by atoms with Crippen LogP contribution >= 0.6 is 23.4 Å². The number of benzene rings is 1. The van der Waals surface area contributed by atoms with Crippen molar-refractivity contribution in [2.24, 2.45) is 5.92 Å². The zero-order valence-corrected chi connectivity index (χ0v) is 13.0. The third-order valence-corrected chi connectivity index (χ3v) is 4.60. The van der Waals surface area contributed by atoms with Crippen molar-refractivity contribution in [1.29, 1.82) is 0 Å². The Morgan fingerprint density at radius 2 is 2.19 bits per heavy atom. The van der Waals surface area contributed by atoms with Crippen LogP contribution in [0.1, 0.15) is 25.3 Å². The molecule has 0 spiro atoms. The second kappa shape index (κ2) is 5.73. The summed E-state index contributed by atoms with van der Waals surface area (Å²) in [6.07, 6.45) is 4.23. The van der Waals surface area contributed by atoms with Gasteiger partial charge < -0.3 is 4.74 Å². The number of hydrogen-bond donors (Lipinski definition) is 1.